The van der Waals surface area contributed by atoms with E-state index >= 15 is 0 Å². The summed E-state index contributed by atoms with van der Waals surface area (Å²) in [6.45, 7) is 3.72. The van der Waals surface area contributed by atoms with Crippen LogP contribution in [-0.4, -0.2) is 64.8 Å². The summed E-state index contributed by atoms with van der Waals surface area (Å²) in [5.41, 5.74) is 2.27. The number of ether oxygens (including phenoxy) is 3. The number of fused-ring (bicyclic) bond motifs is 3. The fourth-order valence-corrected chi connectivity index (χ4v) is 5.12. The maximum atomic E-state index is 13.3. The van der Waals surface area contributed by atoms with Crippen molar-refractivity contribution in [2.45, 2.75) is 18.5 Å². The minimum absolute atomic E-state index is 0.213. The predicted molar refractivity (Wildman–Crippen MR) is 142 cm³/mol. The number of imidazole rings is 1. The normalized spacial score (nSPS) is 17.4. The second kappa shape index (κ2) is 10.6. The number of hydrogen-bond donors (Lipinski definition) is 2. The maximum absolute atomic E-state index is 13.3. The monoisotopic (exact) mass is 560 g/mol. The predicted octanol–water partition coefficient (Wildman–Crippen LogP) is 4.44. The number of anilines is 1. The minimum Gasteiger partial charge on any atom is -0.495 e. The van der Waals surface area contributed by atoms with Crippen LogP contribution in [0.15, 0.2) is 43.1 Å². The first kappa shape index (κ1) is 26.0. The topological polar surface area (TPSA) is 112 Å². The van der Waals surface area contributed by atoms with Gasteiger partial charge >= 0.3 is 0 Å². The van der Waals surface area contributed by atoms with Crippen molar-refractivity contribution >= 4 is 51.7 Å². The van der Waals surface area contributed by atoms with Crippen LogP contribution in [-0.2, 0) is 9.53 Å². The van der Waals surface area contributed by atoms with Crippen LogP contribution in [0.25, 0.3) is 27.8 Å². The summed E-state index contributed by atoms with van der Waals surface area (Å²) >= 11 is 13.4. The molecular formula is C25H23Cl2FN6O4. The molecular weight excluding hydrogens is 538 g/mol. The second-order valence-electron chi connectivity index (χ2n) is 8.53. The molecule has 1 saturated heterocycles. The van der Waals surface area contributed by atoms with Crippen molar-refractivity contribution in [1.82, 2.24) is 24.7 Å². The first-order valence-electron chi connectivity index (χ1n) is 11.5. The smallest absolute Gasteiger partial charge is 0.279 e. The molecule has 2 N–H and O–H groups in total. The van der Waals surface area contributed by atoms with Crippen molar-refractivity contribution in [3.8, 4) is 22.6 Å². The first-order chi connectivity index (χ1) is 18.3. The molecule has 0 bridgehead atoms. The third-order valence-corrected chi connectivity index (χ3v) is 7.03. The third kappa shape index (κ3) is 4.68. The van der Waals surface area contributed by atoms with Gasteiger partial charge in [-0.2, -0.15) is 4.98 Å². The lowest BCUT2D eigenvalue weighted by Crippen LogP contribution is -2.52. The maximum Gasteiger partial charge on any atom is 0.279 e. The van der Waals surface area contributed by atoms with E-state index in [2.05, 4.69) is 27.2 Å². The van der Waals surface area contributed by atoms with Crippen LogP contribution in [0.3, 0.4) is 0 Å². The average Bonchev–Trinajstić information content (AvgIpc) is 3.41. The van der Waals surface area contributed by atoms with Crippen molar-refractivity contribution in [3.05, 3.63) is 53.2 Å². The molecule has 38 heavy (non-hydrogen) atoms. The minimum atomic E-state index is -1.07. The molecule has 4 aromatic rings. The van der Waals surface area contributed by atoms with Gasteiger partial charge in [0.05, 0.1) is 43.0 Å². The summed E-state index contributed by atoms with van der Waals surface area (Å²) in [4.78, 5) is 25.5. The Morgan fingerprint density at radius 2 is 1.89 bits per heavy atom. The van der Waals surface area contributed by atoms with Crippen molar-refractivity contribution in [1.29, 1.82) is 0 Å². The fraction of sp³-hybridized carbons (Fsp3) is 0.280. The van der Waals surface area contributed by atoms with Crippen molar-refractivity contribution in [3.63, 3.8) is 0 Å². The van der Waals surface area contributed by atoms with Crippen LogP contribution in [0.2, 0.25) is 10.0 Å². The van der Waals surface area contributed by atoms with E-state index in [-0.39, 0.29) is 12.6 Å². The number of pyridine rings is 1. The van der Waals surface area contributed by atoms with Gasteiger partial charge in [-0.25, -0.2) is 14.4 Å². The van der Waals surface area contributed by atoms with Gasteiger partial charge < -0.3 is 24.8 Å². The van der Waals surface area contributed by atoms with Crippen LogP contribution in [0.1, 0.15) is 6.42 Å². The molecule has 0 aliphatic carbocycles. The molecule has 0 spiro atoms. The van der Waals surface area contributed by atoms with E-state index in [4.69, 9.17) is 42.4 Å². The summed E-state index contributed by atoms with van der Waals surface area (Å²) in [7, 11) is 3.02. The zero-order valence-electron chi connectivity index (χ0n) is 20.4. The molecule has 10 nitrogen and oxygen atoms in total. The third-order valence-electron chi connectivity index (χ3n) is 6.28. The number of nitrogens with one attached hydrogen (secondary N) is 2. The van der Waals surface area contributed by atoms with Gasteiger partial charge in [0.2, 0.25) is 5.95 Å². The number of carbonyl (C=O) groups excluding carboxylic acids is 1. The molecule has 198 valence electrons. The van der Waals surface area contributed by atoms with Gasteiger partial charge in [-0.1, -0.05) is 29.8 Å². The highest BCUT2D eigenvalue weighted by Gasteiger charge is 2.29. The summed E-state index contributed by atoms with van der Waals surface area (Å²) in [5.74, 6) is -0.824. The Balaban J connectivity index is 1.56. The number of nitrogens with zero attached hydrogens (tertiary/aromatic N) is 4. The van der Waals surface area contributed by atoms with Gasteiger partial charge in [-0.15, -0.1) is 0 Å². The van der Waals surface area contributed by atoms with Gasteiger partial charge in [0, 0.05) is 47.8 Å². The average molecular weight is 561 g/mol. The molecule has 1 aliphatic heterocycles. The molecule has 3 aromatic heterocycles. The van der Waals surface area contributed by atoms with Gasteiger partial charge in [0.15, 0.2) is 11.5 Å². The second-order valence-corrected chi connectivity index (χ2v) is 9.29. The number of aromatic nitrogens is 4. The lowest BCUT2D eigenvalue weighted by atomic mass is 10.0. The Labute approximate surface area is 226 Å². The molecule has 1 aromatic carbocycles. The van der Waals surface area contributed by atoms with E-state index in [0.717, 1.165) is 0 Å². The van der Waals surface area contributed by atoms with Crippen LogP contribution >= 0.6 is 23.2 Å². The lowest BCUT2D eigenvalue weighted by molar-refractivity contribution is -0.120. The first-order valence-corrected chi connectivity index (χ1v) is 12.3. The van der Waals surface area contributed by atoms with E-state index in [1.54, 1.807) is 29.1 Å². The molecule has 2 atom stereocenters. The number of hydrogen-bond acceptors (Lipinski definition) is 8. The van der Waals surface area contributed by atoms with Crippen LogP contribution in [0.5, 0.6) is 11.5 Å². The fourth-order valence-electron chi connectivity index (χ4n) is 4.41. The number of carbonyl (C=O) groups is 1. The Hall–Kier alpha value is -3.67. The summed E-state index contributed by atoms with van der Waals surface area (Å²) < 4.78 is 31.4. The Morgan fingerprint density at radius 3 is 2.58 bits per heavy atom. The van der Waals surface area contributed by atoms with E-state index in [1.165, 1.54) is 14.2 Å². The number of methoxy groups -OCH3 is 2. The van der Waals surface area contributed by atoms with Crippen LogP contribution in [0.4, 0.5) is 10.3 Å². The summed E-state index contributed by atoms with van der Waals surface area (Å²) in [6.07, 6.45) is 5.62. The largest absolute Gasteiger partial charge is 0.495 e. The molecule has 4 heterocycles. The van der Waals surface area contributed by atoms with E-state index in [1.807, 2.05) is 6.07 Å². The Bertz CT molecular complexity index is 1530. The van der Waals surface area contributed by atoms with Crippen molar-refractivity contribution in [2.24, 2.45) is 0 Å². The molecule has 2 unspecified atom stereocenters. The quantitative estimate of drug-likeness (QED) is 0.319. The van der Waals surface area contributed by atoms with Crippen LogP contribution < -0.4 is 20.1 Å². The van der Waals surface area contributed by atoms with Crippen LogP contribution in [0, 0.1) is 0 Å². The Kier molecular flexibility index (Phi) is 7.24. The highest BCUT2D eigenvalue weighted by Crippen LogP contribution is 2.47. The summed E-state index contributed by atoms with van der Waals surface area (Å²) in [5, 5.41) is 7.14. The van der Waals surface area contributed by atoms with E-state index < -0.39 is 17.8 Å². The lowest BCUT2D eigenvalue weighted by Gasteiger charge is -2.32. The van der Waals surface area contributed by atoms with Gasteiger partial charge in [0.1, 0.15) is 17.1 Å². The van der Waals surface area contributed by atoms with Gasteiger partial charge in [0.25, 0.3) is 5.91 Å². The Morgan fingerprint density at radius 1 is 1.16 bits per heavy atom. The zero-order chi connectivity index (χ0) is 27.0. The molecule has 1 amide bonds. The highest BCUT2D eigenvalue weighted by molar-refractivity contribution is 6.41. The number of rotatable bonds is 7. The van der Waals surface area contributed by atoms with Crippen molar-refractivity contribution in [2.75, 3.05) is 32.8 Å². The van der Waals surface area contributed by atoms with Gasteiger partial charge in [-0.05, 0) is 12.5 Å². The van der Waals surface area contributed by atoms with E-state index in [9.17, 15) is 9.18 Å². The van der Waals surface area contributed by atoms with Crippen molar-refractivity contribution < 1.29 is 23.4 Å². The van der Waals surface area contributed by atoms with E-state index in [0.29, 0.717) is 68.3 Å². The molecule has 0 saturated carbocycles. The summed E-state index contributed by atoms with van der Waals surface area (Å²) in [6, 6.07) is 2.68. The molecule has 13 heteroatoms. The number of halogens is 3. The molecule has 1 aliphatic rings. The molecule has 5 rings (SSSR count). The molecule has 0 radical (unpaired) electrons. The SMILES string of the molecule is C=C(F)C(=O)NC1COCCC1Nc1ncc2cc(-c3c(Cl)c(OC)cc(OC)c3Cl)c3nccn3c2n1. The van der Waals surface area contributed by atoms with Gasteiger partial charge in [-0.3, -0.25) is 9.20 Å². The molecule has 1 fully saturated rings. The zero-order valence-corrected chi connectivity index (χ0v) is 21.9. The standard InChI is InChI=1S/C25H23Cl2FN6O4/c1-12(28)24(35)31-16-11-38-7-4-15(16)32-25-30-10-13-8-14(23-29-5-6-34(23)22(13)33-25)19-20(26)17(36-2)9-18(37-3)21(19)27/h5-6,8-10,15-16H,1,4,7,11H2,2-3H3,(H,31,35)(H,30,32,33). The highest BCUT2D eigenvalue weighted by atomic mass is 35.5. The number of amides is 1. The number of benzene rings is 1.